The molecule has 0 unspecified atom stereocenters. The number of aromatic nitrogens is 2. The first-order valence-corrected chi connectivity index (χ1v) is 10.9. The van der Waals surface area contributed by atoms with E-state index in [2.05, 4.69) is 28.7 Å². The van der Waals surface area contributed by atoms with Crippen molar-refractivity contribution in [1.82, 2.24) is 9.97 Å². The van der Waals surface area contributed by atoms with Gasteiger partial charge in [-0.2, -0.15) is 4.39 Å². The second-order valence-electron chi connectivity index (χ2n) is 8.99. The molecule has 0 bridgehead atoms. The van der Waals surface area contributed by atoms with Crippen molar-refractivity contribution in [2.45, 2.75) is 12.5 Å². The molecule has 1 spiro atoms. The molecule has 1 aromatic carbocycles. The average molecular weight is 456 g/mol. The van der Waals surface area contributed by atoms with E-state index in [0.717, 1.165) is 11.1 Å². The third-order valence-corrected chi connectivity index (χ3v) is 6.24. The highest BCUT2D eigenvalue weighted by Gasteiger charge is 2.45. The molecule has 3 aliphatic heterocycles. The second-order valence-corrected chi connectivity index (χ2v) is 8.99. The number of rotatable bonds is 1. The molecular formula is C26H21FN4O3. The van der Waals surface area contributed by atoms with Crippen molar-refractivity contribution in [1.29, 1.82) is 0 Å². The molecular weight excluding hydrogens is 435 g/mol. The predicted molar refractivity (Wildman–Crippen MR) is 123 cm³/mol. The summed E-state index contributed by atoms with van der Waals surface area (Å²) in [6.07, 6.45) is 3.10. The molecule has 0 amide bonds. The van der Waals surface area contributed by atoms with E-state index in [9.17, 15) is 4.39 Å². The SMILES string of the molecule is CC1(C#Cc2cnc3c(c2)[C@@]2(COCC(N)=N2)c2cc(-c4cccnc4F)ccc2O3)COC1. The molecule has 1 saturated heterocycles. The molecule has 34 heavy (non-hydrogen) atoms. The first-order valence-electron chi connectivity index (χ1n) is 10.9. The van der Waals surface area contributed by atoms with Crippen molar-refractivity contribution in [2.75, 3.05) is 26.4 Å². The number of pyridine rings is 2. The Kier molecular flexibility index (Phi) is 4.66. The second kappa shape index (κ2) is 7.62. The topological polar surface area (TPSA) is 91.9 Å². The van der Waals surface area contributed by atoms with Crippen LogP contribution < -0.4 is 10.5 Å². The average Bonchev–Trinajstić information content (AvgIpc) is 2.82. The van der Waals surface area contributed by atoms with Crippen LogP contribution in [0.1, 0.15) is 23.6 Å². The summed E-state index contributed by atoms with van der Waals surface area (Å²) >= 11 is 0. The summed E-state index contributed by atoms with van der Waals surface area (Å²) in [7, 11) is 0. The van der Waals surface area contributed by atoms with Gasteiger partial charge in [0.1, 0.15) is 23.7 Å². The molecule has 6 rings (SSSR count). The first-order chi connectivity index (χ1) is 16.5. The summed E-state index contributed by atoms with van der Waals surface area (Å²) < 4.78 is 31.8. The van der Waals surface area contributed by atoms with Gasteiger partial charge in [-0.15, -0.1) is 0 Å². The predicted octanol–water partition coefficient (Wildman–Crippen LogP) is 3.41. The Morgan fingerprint density at radius 3 is 2.71 bits per heavy atom. The highest BCUT2D eigenvalue weighted by atomic mass is 19.1. The molecule has 0 saturated carbocycles. The van der Waals surface area contributed by atoms with Crippen LogP contribution in [0.15, 0.2) is 53.8 Å². The Labute approximate surface area is 195 Å². The van der Waals surface area contributed by atoms with Gasteiger partial charge < -0.3 is 19.9 Å². The van der Waals surface area contributed by atoms with Gasteiger partial charge in [0.2, 0.25) is 11.8 Å². The Balaban J connectivity index is 1.52. The smallest absolute Gasteiger partial charge is 0.225 e. The van der Waals surface area contributed by atoms with Crippen LogP contribution in [0.5, 0.6) is 11.6 Å². The fourth-order valence-corrected chi connectivity index (χ4v) is 4.45. The fraction of sp³-hybridized carbons (Fsp3) is 0.269. The molecule has 1 atom stereocenters. The zero-order valence-electron chi connectivity index (χ0n) is 18.5. The molecule has 3 aromatic rings. The van der Waals surface area contributed by atoms with E-state index in [4.69, 9.17) is 24.9 Å². The van der Waals surface area contributed by atoms with Gasteiger partial charge in [0.25, 0.3) is 0 Å². The molecule has 2 aromatic heterocycles. The van der Waals surface area contributed by atoms with Crippen molar-refractivity contribution < 1.29 is 18.6 Å². The van der Waals surface area contributed by atoms with E-state index < -0.39 is 11.5 Å². The zero-order chi connectivity index (χ0) is 23.3. The third kappa shape index (κ3) is 3.33. The van der Waals surface area contributed by atoms with Crippen LogP contribution in [-0.4, -0.2) is 42.2 Å². The minimum absolute atomic E-state index is 0.157. The quantitative estimate of drug-likeness (QED) is 0.446. The van der Waals surface area contributed by atoms with Crippen LogP contribution in [0, 0.1) is 23.2 Å². The van der Waals surface area contributed by atoms with E-state index in [1.807, 2.05) is 12.1 Å². The summed E-state index contributed by atoms with van der Waals surface area (Å²) in [5, 5.41) is 0. The minimum atomic E-state index is -0.992. The Morgan fingerprint density at radius 2 is 1.94 bits per heavy atom. The summed E-state index contributed by atoms with van der Waals surface area (Å²) in [5.74, 6) is 7.28. The van der Waals surface area contributed by atoms with Crippen LogP contribution >= 0.6 is 0 Å². The van der Waals surface area contributed by atoms with Gasteiger partial charge in [0.05, 0.1) is 30.8 Å². The number of hydrogen-bond donors (Lipinski definition) is 1. The third-order valence-electron chi connectivity index (χ3n) is 6.24. The first kappa shape index (κ1) is 20.8. The number of halogens is 1. The number of nitrogens with two attached hydrogens (primary N) is 1. The Bertz CT molecular complexity index is 1410. The lowest BCUT2D eigenvalue weighted by atomic mass is 9.80. The maximum Gasteiger partial charge on any atom is 0.225 e. The number of hydrogen-bond acceptors (Lipinski definition) is 7. The van der Waals surface area contributed by atoms with Crippen LogP contribution in [0.2, 0.25) is 0 Å². The monoisotopic (exact) mass is 456 g/mol. The van der Waals surface area contributed by atoms with Gasteiger partial charge in [-0.1, -0.05) is 17.9 Å². The highest BCUT2D eigenvalue weighted by molar-refractivity contribution is 5.84. The van der Waals surface area contributed by atoms with Crippen LogP contribution in [-0.2, 0) is 15.0 Å². The summed E-state index contributed by atoms with van der Waals surface area (Å²) in [5.41, 5.74) is 8.19. The summed E-state index contributed by atoms with van der Waals surface area (Å²) in [4.78, 5) is 13.2. The summed E-state index contributed by atoms with van der Waals surface area (Å²) in [6.45, 7) is 3.76. The largest absolute Gasteiger partial charge is 0.438 e. The van der Waals surface area contributed by atoms with E-state index in [1.54, 1.807) is 30.5 Å². The van der Waals surface area contributed by atoms with Gasteiger partial charge in [-0.05, 0) is 42.8 Å². The number of benzene rings is 1. The van der Waals surface area contributed by atoms with Crippen molar-refractivity contribution in [2.24, 2.45) is 16.1 Å². The molecule has 8 heteroatoms. The lowest BCUT2D eigenvalue weighted by Gasteiger charge is -2.39. The lowest BCUT2D eigenvalue weighted by Crippen LogP contribution is -2.42. The molecule has 3 aliphatic rings. The van der Waals surface area contributed by atoms with Gasteiger partial charge in [0, 0.05) is 29.1 Å². The van der Waals surface area contributed by atoms with Crippen LogP contribution in [0.25, 0.3) is 11.1 Å². The van der Waals surface area contributed by atoms with Gasteiger partial charge in [-0.3, -0.25) is 4.99 Å². The Hall–Kier alpha value is -3.80. The number of nitrogens with zero attached hydrogens (tertiary/aromatic N) is 3. The fourth-order valence-electron chi connectivity index (χ4n) is 4.45. The molecule has 2 N–H and O–H groups in total. The van der Waals surface area contributed by atoms with Crippen molar-refractivity contribution in [3.63, 3.8) is 0 Å². The van der Waals surface area contributed by atoms with E-state index in [-0.39, 0.29) is 18.6 Å². The molecule has 0 aliphatic carbocycles. The van der Waals surface area contributed by atoms with E-state index in [0.29, 0.717) is 47.4 Å². The molecule has 170 valence electrons. The maximum absolute atomic E-state index is 14.5. The molecule has 7 nitrogen and oxygen atoms in total. The van der Waals surface area contributed by atoms with Gasteiger partial charge in [-0.25, -0.2) is 9.97 Å². The minimum Gasteiger partial charge on any atom is -0.438 e. The maximum atomic E-state index is 14.5. The number of fused-ring (bicyclic) bond motifs is 4. The molecule has 0 radical (unpaired) electrons. The summed E-state index contributed by atoms with van der Waals surface area (Å²) in [6, 6.07) is 10.7. The molecule has 5 heterocycles. The zero-order valence-corrected chi connectivity index (χ0v) is 18.5. The number of amidine groups is 1. The number of ether oxygens (including phenoxy) is 3. The van der Waals surface area contributed by atoms with Crippen molar-refractivity contribution in [3.8, 4) is 34.6 Å². The van der Waals surface area contributed by atoms with Crippen LogP contribution in [0.4, 0.5) is 4.39 Å². The lowest BCUT2D eigenvalue weighted by molar-refractivity contribution is -0.0648. The highest BCUT2D eigenvalue weighted by Crippen LogP contribution is 2.50. The normalized spacial score (nSPS) is 21.8. The van der Waals surface area contributed by atoms with Crippen molar-refractivity contribution in [3.05, 3.63) is 71.4 Å². The van der Waals surface area contributed by atoms with Crippen molar-refractivity contribution >= 4 is 5.84 Å². The standard InChI is InChI=1S/C26H21FN4O3/c1-25(13-33-14-25)7-6-16-9-20-24(30-11-16)34-21-5-4-17(18-3-2-8-29-23(18)27)10-19(21)26(20)15-32-12-22(28)31-26/h2-5,8-11H,12-15H2,1H3,(H2,28,31)/t26-/m1/s1. The Morgan fingerprint density at radius 1 is 1.06 bits per heavy atom. The van der Waals surface area contributed by atoms with Gasteiger partial charge >= 0.3 is 0 Å². The number of aliphatic imine (C=N–C) groups is 1. The molecule has 1 fully saturated rings. The van der Waals surface area contributed by atoms with E-state index >= 15 is 0 Å². The van der Waals surface area contributed by atoms with E-state index in [1.165, 1.54) is 6.20 Å². The van der Waals surface area contributed by atoms with Gasteiger partial charge in [0.15, 0.2) is 0 Å². The van der Waals surface area contributed by atoms with Crippen LogP contribution in [0.3, 0.4) is 0 Å².